The molecule has 0 saturated carbocycles. The van der Waals surface area contributed by atoms with Gasteiger partial charge in [-0.1, -0.05) is 13.3 Å². The van der Waals surface area contributed by atoms with Gasteiger partial charge < -0.3 is 20.1 Å². The molecule has 2 atom stereocenters. The van der Waals surface area contributed by atoms with Gasteiger partial charge in [-0.3, -0.25) is 0 Å². The minimum Gasteiger partial charge on any atom is -0.468 e. The van der Waals surface area contributed by atoms with E-state index in [2.05, 4.69) is 0 Å². The molecule has 1 fully saturated rings. The lowest BCUT2D eigenvalue weighted by Crippen LogP contribution is -2.55. The summed E-state index contributed by atoms with van der Waals surface area (Å²) >= 11 is 0. The van der Waals surface area contributed by atoms with Gasteiger partial charge in [0.15, 0.2) is 0 Å². The molecule has 0 unspecified atom stereocenters. The number of carbonyl (C=O) groups is 2. The SMILES string of the molecule is CCC[C@H]1CN(C(=O)OC(C)(C)C)C[C@@]1(N)C(=O)OC. The third kappa shape index (κ3) is 3.62. The standard InChI is InChI=1S/C14H26N2O4/c1-6-7-10-8-16(12(18)20-13(2,3)4)9-14(10,15)11(17)19-5/h10H,6-9,15H2,1-5H3/t10-,14-/m0/s1. The third-order valence-electron chi connectivity index (χ3n) is 3.48. The van der Waals surface area contributed by atoms with Gasteiger partial charge in [0.05, 0.1) is 13.7 Å². The zero-order chi connectivity index (χ0) is 15.6. The Hall–Kier alpha value is -1.30. The number of methoxy groups -OCH3 is 1. The monoisotopic (exact) mass is 286 g/mol. The maximum absolute atomic E-state index is 12.1. The summed E-state index contributed by atoms with van der Waals surface area (Å²) < 4.78 is 10.1. The Kier molecular flexibility index (Phi) is 5.02. The Morgan fingerprint density at radius 1 is 1.40 bits per heavy atom. The predicted octanol–water partition coefficient (Wildman–Crippen LogP) is 1.52. The summed E-state index contributed by atoms with van der Waals surface area (Å²) in [7, 11) is 1.32. The summed E-state index contributed by atoms with van der Waals surface area (Å²) in [6.45, 7) is 8.00. The molecule has 0 bridgehead atoms. The van der Waals surface area contributed by atoms with Crippen LogP contribution < -0.4 is 5.73 Å². The second kappa shape index (κ2) is 5.99. The normalized spacial score (nSPS) is 26.5. The summed E-state index contributed by atoms with van der Waals surface area (Å²) in [5.74, 6) is -0.575. The summed E-state index contributed by atoms with van der Waals surface area (Å²) in [5.41, 5.74) is 4.51. The highest BCUT2D eigenvalue weighted by molar-refractivity contribution is 5.83. The molecule has 0 aromatic heterocycles. The molecule has 1 saturated heterocycles. The molecule has 0 aliphatic carbocycles. The number of rotatable bonds is 3. The fourth-order valence-corrected chi connectivity index (χ4v) is 2.52. The van der Waals surface area contributed by atoms with Crippen LogP contribution in [-0.4, -0.2) is 48.3 Å². The summed E-state index contributed by atoms with van der Waals surface area (Å²) in [5, 5.41) is 0. The number of esters is 1. The van der Waals surface area contributed by atoms with Crippen LogP contribution in [0.5, 0.6) is 0 Å². The van der Waals surface area contributed by atoms with Crippen LogP contribution in [0.2, 0.25) is 0 Å². The molecule has 0 aromatic carbocycles. The molecule has 1 heterocycles. The van der Waals surface area contributed by atoms with Gasteiger partial charge in [-0.2, -0.15) is 0 Å². The van der Waals surface area contributed by atoms with E-state index in [9.17, 15) is 9.59 Å². The van der Waals surface area contributed by atoms with E-state index in [1.54, 1.807) is 20.8 Å². The van der Waals surface area contributed by atoms with Crippen molar-refractivity contribution in [3.05, 3.63) is 0 Å². The number of hydrogen-bond donors (Lipinski definition) is 1. The van der Waals surface area contributed by atoms with Gasteiger partial charge in [0, 0.05) is 12.5 Å². The average molecular weight is 286 g/mol. The van der Waals surface area contributed by atoms with E-state index in [0.717, 1.165) is 12.8 Å². The molecule has 0 radical (unpaired) electrons. The zero-order valence-electron chi connectivity index (χ0n) is 13.1. The van der Waals surface area contributed by atoms with Crippen molar-refractivity contribution in [1.82, 2.24) is 4.90 Å². The van der Waals surface area contributed by atoms with Crippen molar-refractivity contribution in [3.8, 4) is 0 Å². The van der Waals surface area contributed by atoms with Gasteiger partial charge in [-0.05, 0) is 27.2 Å². The number of ether oxygens (including phenoxy) is 2. The van der Waals surface area contributed by atoms with E-state index in [-0.39, 0.29) is 12.5 Å². The lowest BCUT2D eigenvalue weighted by molar-refractivity contribution is -0.148. The molecule has 1 aliphatic rings. The molecule has 2 N–H and O–H groups in total. The van der Waals surface area contributed by atoms with Crippen LogP contribution in [0.25, 0.3) is 0 Å². The van der Waals surface area contributed by atoms with Gasteiger partial charge >= 0.3 is 12.1 Å². The highest BCUT2D eigenvalue weighted by Gasteiger charge is 2.51. The number of carbonyl (C=O) groups excluding carboxylic acids is 2. The summed E-state index contributed by atoms with van der Waals surface area (Å²) in [4.78, 5) is 25.6. The molecular weight excluding hydrogens is 260 g/mol. The number of amides is 1. The fraction of sp³-hybridized carbons (Fsp3) is 0.857. The summed E-state index contributed by atoms with van der Waals surface area (Å²) in [6.07, 6.45) is 1.23. The van der Waals surface area contributed by atoms with Gasteiger partial charge in [0.25, 0.3) is 0 Å². The Morgan fingerprint density at radius 3 is 2.45 bits per heavy atom. The van der Waals surface area contributed by atoms with Crippen LogP contribution in [0.15, 0.2) is 0 Å². The minimum atomic E-state index is -1.14. The topological polar surface area (TPSA) is 81.9 Å². The summed E-state index contributed by atoms with van der Waals surface area (Å²) in [6, 6.07) is 0. The van der Waals surface area contributed by atoms with Gasteiger partial charge in [0.2, 0.25) is 0 Å². The Balaban J connectivity index is 2.85. The molecule has 1 rings (SSSR count). The Bertz CT molecular complexity index is 378. The molecule has 6 heteroatoms. The molecule has 116 valence electrons. The maximum atomic E-state index is 12.1. The smallest absolute Gasteiger partial charge is 0.410 e. The van der Waals surface area contributed by atoms with Crippen molar-refractivity contribution < 1.29 is 19.1 Å². The van der Waals surface area contributed by atoms with Crippen LogP contribution in [0.4, 0.5) is 4.79 Å². The Morgan fingerprint density at radius 2 is 2.00 bits per heavy atom. The van der Waals surface area contributed by atoms with E-state index < -0.39 is 23.2 Å². The first kappa shape index (κ1) is 16.8. The quantitative estimate of drug-likeness (QED) is 0.795. The zero-order valence-corrected chi connectivity index (χ0v) is 13.1. The molecule has 1 aliphatic heterocycles. The minimum absolute atomic E-state index is 0.104. The van der Waals surface area contributed by atoms with Crippen molar-refractivity contribution in [2.24, 2.45) is 11.7 Å². The van der Waals surface area contributed by atoms with Crippen LogP contribution in [0.3, 0.4) is 0 Å². The van der Waals surface area contributed by atoms with Gasteiger partial charge in [-0.15, -0.1) is 0 Å². The molecule has 0 aromatic rings. The number of nitrogens with zero attached hydrogens (tertiary/aromatic N) is 1. The predicted molar refractivity (Wildman–Crippen MR) is 75.1 cm³/mol. The van der Waals surface area contributed by atoms with E-state index in [1.165, 1.54) is 12.0 Å². The largest absolute Gasteiger partial charge is 0.468 e. The van der Waals surface area contributed by atoms with Crippen molar-refractivity contribution in [2.75, 3.05) is 20.2 Å². The maximum Gasteiger partial charge on any atom is 0.410 e. The van der Waals surface area contributed by atoms with Crippen LogP contribution in [0, 0.1) is 5.92 Å². The average Bonchev–Trinajstić information content (AvgIpc) is 2.66. The number of likely N-dealkylation sites (tertiary alicyclic amines) is 1. The van der Waals surface area contributed by atoms with Gasteiger partial charge in [0.1, 0.15) is 11.1 Å². The third-order valence-corrected chi connectivity index (χ3v) is 3.48. The van der Waals surface area contributed by atoms with E-state index in [0.29, 0.717) is 6.54 Å². The lowest BCUT2D eigenvalue weighted by Gasteiger charge is -2.27. The Labute approximate surface area is 120 Å². The van der Waals surface area contributed by atoms with E-state index in [4.69, 9.17) is 15.2 Å². The van der Waals surface area contributed by atoms with Crippen LogP contribution in [0.1, 0.15) is 40.5 Å². The highest BCUT2D eigenvalue weighted by Crippen LogP contribution is 2.31. The van der Waals surface area contributed by atoms with E-state index in [1.807, 2.05) is 6.92 Å². The first-order chi connectivity index (χ1) is 9.14. The van der Waals surface area contributed by atoms with Crippen molar-refractivity contribution in [2.45, 2.75) is 51.7 Å². The van der Waals surface area contributed by atoms with E-state index >= 15 is 0 Å². The molecule has 1 amide bonds. The van der Waals surface area contributed by atoms with Crippen molar-refractivity contribution >= 4 is 12.1 Å². The van der Waals surface area contributed by atoms with Crippen molar-refractivity contribution in [3.63, 3.8) is 0 Å². The van der Waals surface area contributed by atoms with Crippen LogP contribution >= 0.6 is 0 Å². The second-order valence-corrected chi connectivity index (χ2v) is 6.38. The first-order valence-electron chi connectivity index (χ1n) is 6.99. The second-order valence-electron chi connectivity index (χ2n) is 6.38. The molecular formula is C14H26N2O4. The number of nitrogens with two attached hydrogens (primary N) is 1. The lowest BCUT2D eigenvalue weighted by atomic mass is 9.85. The van der Waals surface area contributed by atoms with Crippen LogP contribution in [-0.2, 0) is 14.3 Å². The highest BCUT2D eigenvalue weighted by atomic mass is 16.6. The first-order valence-corrected chi connectivity index (χ1v) is 6.99. The molecule has 6 nitrogen and oxygen atoms in total. The van der Waals surface area contributed by atoms with Gasteiger partial charge in [-0.25, -0.2) is 9.59 Å². The molecule has 20 heavy (non-hydrogen) atoms. The number of hydrogen-bond acceptors (Lipinski definition) is 5. The fourth-order valence-electron chi connectivity index (χ4n) is 2.52. The van der Waals surface area contributed by atoms with Crippen molar-refractivity contribution in [1.29, 1.82) is 0 Å². The molecule has 0 spiro atoms.